The predicted molar refractivity (Wildman–Crippen MR) is 90.7 cm³/mol. The smallest absolute Gasteiger partial charge is 0.495 e. The van der Waals surface area contributed by atoms with Crippen molar-refractivity contribution in [3.8, 4) is 5.75 Å². The highest BCUT2D eigenvalue weighted by Gasteiger charge is 2.52. The molecule has 0 bridgehead atoms. The minimum atomic E-state index is -0.637. The lowest BCUT2D eigenvalue weighted by Gasteiger charge is -2.32. The molecule has 1 N–H and O–H groups in total. The first-order valence-electron chi connectivity index (χ1n) is 7.96. The molecule has 1 fully saturated rings. The van der Waals surface area contributed by atoms with Gasteiger partial charge in [0.25, 0.3) is 0 Å². The zero-order chi connectivity index (χ0) is 17.0. The maximum Gasteiger partial charge on any atom is 0.495 e. The number of halogens is 1. The lowest BCUT2D eigenvalue weighted by Crippen LogP contribution is -2.41. The van der Waals surface area contributed by atoms with Gasteiger partial charge in [0.15, 0.2) is 11.6 Å². The van der Waals surface area contributed by atoms with Crippen molar-refractivity contribution in [2.45, 2.75) is 52.2 Å². The minimum absolute atomic E-state index is 0.379. The molecule has 1 aliphatic heterocycles. The molecule has 0 amide bonds. The number of fused-ring (bicyclic) bond motifs is 1. The van der Waals surface area contributed by atoms with Crippen LogP contribution in [0.2, 0.25) is 0 Å². The van der Waals surface area contributed by atoms with E-state index in [9.17, 15) is 9.50 Å². The first kappa shape index (κ1) is 16.3. The van der Waals surface area contributed by atoms with E-state index in [0.29, 0.717) is 10.8 Å². The second-order valence-electron chi connectivity index (χ2n) is 7.08. The predicted octanol–water partition coefficient (Wildman–Crippen LogP) is 3.55. The molecule has 23 heavy (non-hydrogen) atoms. The third kappa shape index (κ3) is 2.43. The molecular weight excluding hydrogens is 294 g/mol. The van der Waals surface area contributed by atoms with Gasteiger partial charge < -0.3 is 14.4 Å². The maximum absolute atomic E-state index is 14.4. The number of hydrogen-bond donors (Lipinski definition) is 1. The Morgan fingerprint density at radius 1 is 1.13 bits per heavy atom. The van der Waals surface area contributed by atoms with Gasteiger partial charge in [-0.2, -0.15) is 0 Å². The van der Waals surface area contributed by atoms with Crippen LogP contribution in [-0.2, 0) is 15.7 Å². The summed E-state index contributed by atoms with van der Waals surface area (Å²) >= 11 is 0. The molecule has 1 saturated heterocycles. The Morgan fingerprint density at radius 3 is 2.30 bits per heavy atom. The SMILES string of the molecule is CCc1cccc2c(F)c(O)cc(B3OC(C)(C)C(C)(C)O3)c12. The van der Waals surface area contributed by atoms with E-state index in [-0.39, 0.29) is 5.75 Å². The second-order valence-corrected chi connectivity index (χ2v) is 7.08. The van der Waals surface area contributed by atoms with Crippen molar-refractivity contribution >= 4 is 23.4 Å². The van der Waals surface area contributed by atoms with E-state index < -0.39 is 24.1 Å². The number of phenols is 1. The molecule has 0 spiro atoms. The van der Waals surface area contributed by atoms with E-state index in [0.717, 1.165) is 17.4 Å². The Bertz CT molecular complexity index is 754. The minimum Gasteiger partial charge on any atom is -0.505 e. The van der Waals surface area contributed by atoms with Crippen molar-refractivity contribution in [1.82, 2.24) is 0 Å². The lowest BCUT2D eigenvalue weighted by atomic mass is 9.74. The van der Waals surface area contributed by atoms with E-state index in [1.165, 1.54) is 6.07 Å². The summed E-state index contributed by atoms with van der Waals surface area (Å²) in [5, 5.41) is 11.2. The Morgan fingerprint density at radius 2 is 1.74 bits per heavy atom. The molecule has 0 aliphatic carbocycles. The van der Waals surface area contributed by atoms with Gasteiger partial charge in [0.1, 0.15) is 0 Å². The molecular formula is C18H22BFO3. The lowest BCUT2D eigenvalue weighted by molar-refractivity contribution is 0.00578. The Balaban J connectivity index is 2.25. The Kier molecular flexibility index (Phi) is 3.69. The fourth-order valence-electron chi connectivity index (χ4n) is 3.00. The van der Waals surface area contributed by atoms with Gasteiger partial charge in [-0.15, -0.1) is 0 Å². The van der Waals surface area contributed by atoms with Gasteiger partial charge >= 0.3 is 7.12 Å². The Hall–Kier alpha value is -1.59. The van der Waals surface area contributed by atoms with Crippen LogP contribution in [0.25, 0.3) is 10.8 Å². The van der Waals surface area contributed by atoms with Gasteiger partial charge in [0.2, 0.25) is 0 Å². The van der Waals surface area contributed by atoms with Crippen LogP contribution in [0.1, 0.15) is 40.2 Å². The summed E-state index contributed by atoms with van der Waals surface area (Å²) in [7, 11) is -0.637. The molecule has 0 unspecified atom stereocenters. The maximum atomic E-state index is 14.4. The van der Waals surface area contributed by atoms with E-state index in [1.54, 1.807) is 12.1 Å². The topological polar surface area (TPSA) is 38.7 Å². The number of rotatable bonds is 2. The normalized spacial score (nSPS) is 19.5. The molecule has 1 aliphatic rings. The summed E-state index contributed by atoms with van der Waals surface area (Å²) in [4.78, 5) is 0. The van der Waals surface area contributed by atoms with Gasteiger partial charge in [-0.25, -0.2) is 4.39 Å². The van der Waals surface area contributed by atoms with Crippen LogP contribution in [0, 0.1) is 5.82 Å². The quantitative estimate of drug-likeness (QED) is 0.861. The van der Waals surface area contributed by atoms with Crippen molar-refractivity contribution in [2.75, 3.05) is 0 Å². The van der Waals surface area contributed by atoms with Gasteiger partial charge in [-0.1, -0.05) is 25.1 Å². The van der Waals surface area contributed by atoms with Crippen molar-refractivity contribution in [3.05, 3.63) is 35.6 Å². The third-order valence-electron chi connectivity index (χ3n) is 5.08. The zero-order valence-corrected chi connectivity index (χ0v) is 14.2. The summed E-state index contributed by atoms with van der Waals surface area (Å²) in [5.41, 5.74) is 0.700. The van der Waals surface area contributed by atoms with Crippen LogP contribution in [0.15, 0.2) is 24.3 Å². The highest BCUT2D eigenvalue weighted by molar-refractivity contribution is 6.65. The Labute approximate surface area is 136 Å². The van der Waals surface area contributed by atoms with Crippen molar-refractivity contribution < 1.29 is 18.8 Å². The van der Waals surface area contributed by atoms with Crippen LogP contribution in [0.4, 0.5) is 4.39 Å². The summed E-state index contributed by atoms with van der Waals surface area (Å²) in [6, 6.07) is 6.88. The van der Waals surface area contributed by atoms with Crippen LogP contribution >= 0.6 is 0 Å². The monoisotopic (exact) mass is 316 g/mol. The van der Waals surface area contributed by atoms with E-state index in [1.807, 2.05) is 40.7 Å². The molecule has 3 nitrogen and oxygen atoms in total. The summed E-state index contributed by atoms with van der Waals surface area (Å²) in [5.74, 6) is -0.981. The van der Waals surface area contributed by atoms with Gasteiger partial charge in [0.05, 0.1) is 11.2 Å². The second kappa shape index (κ2) is 5.21. The molecule has 2 aromatic rings. The number of aromatic hydroxyl groups is 1. The van der Waals surface area contributed by atoms with Crippen molar-refractivity contribution in [2.24, 2.45) is 0 Å². The molecule has 1 heterocycles. The standard InChI is InChI=1S/C18H22BFO3/c1-6-11-8-7-9-12-15(11)13(10-14(21)16(12)20)19-22-17(2,3)18(4,5)23-19/h7-10,21H,6H2,1-5H3. The van der Waals surface area contributed by atoms with Crippen LogP contribution < -0.4 is 5.46 Å². The zero-order valence-electron chi connectivity index (χ0n) is 14.2. The molecule has 3 rings (SSSR count). The van der Waals surface area contributed by atoms with Gasteiger partial charge in [0, 0.05) is 5.39 Å². The summed E-state index contributed by atoms with van der Waals surface area (Å²) < 4.78 is 26.5. The fraction of sp³-hybridized carbons (Fsp3) is 0.444. The first-order valence-corrected chi connectivity index (χ1v) is 7.96. The largest absolute Gasteiger partial charge is 0.505 e. The highest BCUT2D eigenvalue weighted by Crippen LogP contribution is 2.38. The number of phenolic OH excluding ortho intramolecular Hbond substituents is 1. The molecule has 0 atom stereocenters. The number of hydrogen-bond acceptors (Lipinski definition) is 3. The summed E-state index contributed by atoms with van der Waals surface area (Å²) in [6.45, 7) is 9.91. The molecule has 0 radical (unpaired) electrons. The highest BCUT2D eigenvalue weighted by atomic mass is 19.1. The summed E-state index contributed by atoms with van der Waals surface area (Å²) in [6.07, 6.45) is 0.758. The van der Waals surface area contributed by atoms with Crippen molar-refractivity contribution in [1.29, 1.82) is 0 Å². The molecule has 2 aromatic carbocycles. The van der Waals surface area contributed by atoms with Crippen molar-refractivity contribution in [3.63, 3.8) is 0 Å². The van der Waals surface area contributed by atoms with E-state index >= 15 is 0 Å². The van der Waals surface area contributed by atoms with Gasteiger partial charge in [-0.3, -0.25) is 0 Å². The average Bonchev–Trinajstić information content (AvgIpc) is 2.70. The van der Waals surface area contributed by atoms with E-state index in [2.05, 4.69) is 0 Å². The van der Waals surface area contributed by atoms with Crippen LogP contribution in [0.5, 0.6) is 5.75 Å². The molecule has 0 aromatic heterocycles. The number of aryl methyl sites for hydroxylation is 1. The van der Waals surface area contributed by atoms with E-state index in [4.69, 9.17) is 9.31 Å². The first-order chi connectivity index (χ1) is 10.7. The fourth-order valence-corrected chi connectivity index (χ4v) is 3.00. The third-order valence-corrected chi connectivity index (χ3v) is 5.08. The molecule has 122 valence electrons. The molecule has 0 saturated carbocycles. The van der Waals surface area contributed by atoms with Gasteiger partial charge in [-0.05, 0) is 56.6 Å². The molecule has 5 heteroatoms. The average molecular weight is 316 g/mol. The number of benzene rings is 2. The van der Waals surface area contributed by atoms with Crippen LogP contribution in [-0.4, -0.2) is 23.4 Å². The van der Waals surface area contributed by atoms with Crippen LogP contribution in [0.3, 0.4) is 0 Å².